The van der Waals surface area contributed by atoms with E-state index in [2.05, 4.69) is 54.0 Å². The Labute approximate surface area is 156 Å². The Kier molecular flexibility index (Phi) is 5.87. The zero-order valence-corrected chi connectivity index (χ0v) is 16.4. The summed E-state index contributed by atoms with van der Waals surface area (Å²) >= 11 is 0. The molecule has 1 aliphatic rings. The number of benzene rings is 1. The largest absolute Gasteiger partial charge is 0.497 e. The quantitative estimate of drug-likeness (QED) is 0.863. The van der Waals surface area contributed by atoms with Gasteiger partial charge in [-0.1, -0.05) is 6.92 Å². The molecule has 2 heterocycles. The van der Waals surface area contributed by atoms with Crippen molar-refractivity contribution in [2.24, 2.45) is 13.0 Å². The van der Waals surface area contributed by atoms with Crippen LogP contribution < -0.4 is 10.1 Å². The molecule has 1 unspecified atom stereocenters. The first-order valence-electron chi connectivity index (χ1n) is 9.66. The molecule has 0 radical (unpaired) electrons. The Hall–Kier alpha value is -2.01. The van der Waals surface area contributed by atoms with Crippen LogP contribution in [0.4, 0.5) is 0 Å². The van der Waals surface area contributed by atoms with Crippen LogP contribution in [0.2, 0.25) is 0 Å². The zero-order chi connectivity index (χ0) is 18.7. The number of carbonyl (C=O) groups excluding carboxylic acids is 1. The van der Waals surface area contributed by atoms with Crippen molar-refractivity contribution in [2.45, 2.75) is 45.7 Å². The number of likely N-dealkylation sites (tertiary alicyclic amines) is 1. The summed E-state index contributed by atoms with van der Waals surface area (Å²) in [6.45, 7) is 7.04. The minimum Gasteiger partial charge on any atom is -0.497 e. The van der Waals surface area contributed by atoms with Crippen LogP contribution in [0.3, 0.4) is 0 Å². The molecular weight excluding hydrogens is 326 g/mol. The molecule has 0 saturated carbocycles. The lowest BCUT2D eigenvalue weighted by Crippen LogP contribution is -2.42. The number of fused-ring (bicyclic) bond motifs is 1. The van der Waals surface area contributed by atoms with Gasteiger partial charge >= 0.3 is 0 Å². The monoisotopic (exact) mass is 357 g/mol. The molecule has 0 aliphatic carbocycles. The van der Waals surface area contributed by atoms with Gasteiger partial charge in [0.05, 0.1) is 7.11 Å². The van der Waals surface area contributed by atoms with Crippen LogP contribution in [0.1, 0.15) is 38.7 Å². The molecule has 2 aromatic rings. The Morgan fingerprint density at radius 1 is 1.35 bits per heavy atom. The average Bonchev–Trinajstić information content (AvgIpc) is 2.97. The van der Waals surface area contributed by atoms with E-state index in [1.54, 1.807) is 7.11 Å². The number of aromatic nitrogens is 1. The second-order valence-corrected chi connectivity index (χ2v) is 7.52. The van der Waals surface area contributed by atoms with Gasteiger partial charge in [-0.2, -0.15) is 0 Å². The SMILES string of the molecule is CCC(C)NC(=O)C1CCN(Cc2cn(C)c3ccc(OC)cc23)CC1. The van der Waals surface area contributed by atoms with Crippen LogP contribution in [0, 0.1) is 5.92 Å². The van der Waals surface area contributed by atoms with Gasteiger partial charge < -0.3 is 14.6 Å². The lowest BCUT2D eigenvalue weighted by molar-refractivity contribution is -0.127. The van der Waals surface area contributed by atoms with Crippen molar-refractivity contribution in [3.63, 3.8) is 0 Å². The molecule has 1 aliphatic heterocycles. The molecule has 1 fully saturated rings. The lowest BCUT2D eigenvalue weighted by atomic mass is 9.95. The van der Waals surface area contributed by atoms with Gasteiger partial charge in [0.2, 0.25) is 5.91 Å². The number of amides is 1. The molecule has 0 spiro atoms. The molecule has 1 amide bonds. The smallest absolute Gasteiger partial charge is 0.223 e. The Morgan fingerprint density at radius 2 is 2.08 bits per heavy atom. The second-order valence-electron chi connectivity index (χ2n) is 7.52. The summed E-state index contributed by atoms with van der Waals surface area (Å²) in [6, 6.07) is 6.51. The first kappa shape index (κ1) is 18.8. The van der Waals surface area contributed by atoms with E-state index in [-0.39, 0.29) is 17.9 Å². The Morgan fingerprint density at radius 3 is 2.73 bits per heavy atom. The van der Waals surface area contributed by atoms with E-state index >= 15 is 0 Å². The number of carbonyl (C=O) groups is 1. The minimum atomic E-state index is 0.160. The van der Waals surface area contributed by atoms with Crippen molar-refractivity contribution >= 4 is 16.8 Å². The Bertz CT molecular complexity index is 760. The van der Waals surface area contributed by atoms with E-state index < -0.39 is 0 Å². The molecule has 1 saturated heterocycles. The molecule has 5 nitrogen and oxygen atoms in total. The fraction of sp³-hybridized carbons (Fsp3) is 0.571. The van der Waals surface area contributed by atoms with Crippen molar-refractivity contribution in [1.82, 2.24) is 14.8 Å². The highest BCUT2D eigenvalue weighted by molar-refractivity contribution is 5.85. The fourth-order valence-corrected chi connectivity index (χ4v) is 3.76. The van der Waals surface area contributed by atoms with Gasteiger partial charge in [0.15, 0.2) is 0 Å². The summed E-state index contributed by atoms with van der Waals surface area (Å²) in [5.74, 6) is 1.28. The number of hydrogen-bond acceptors (Lipinski definition) is 3. The van der Waals surface area contributed by atoms with Crippen LogP contribution in [-0.2, 0) is 18.4 Å². The summed E-state index contributed by atoms with van der Waals surface area (Å²) < 4.78 is 7.57. The number of nitrogens with zero attached hydrogens (tertiary/aromatic N) is 2. The van der Waals surface area contributed by atoms with Crippen LogP contribution >= 0.6 is 0 Å². The van der Waals surface area contributed by atoms with Gasteiger partial charge in [-0.3, -0.25) is 9.69 Å². The summed E-state index contributed by atoms with van der Waals surface area (Å²) in [7, 11) is 3.79. The highest BCUT2D eigenvalue weighted by atomic mass is 16.5. The number of methoxy groups -OCH3 is 1. The fourth-order valence-electron chi connectivity index (χ4n) is 3.76. The van der Waals surface area contributed by atoms with Gasteiger partial charge in [0.1, 0.15) is 5.75 Å². The zero-order valence-electron chi connectivity index (χ0n) is 16.4. The van der Waals surface area contributed by atoms with E-state index in [4.69, 9.17) is 4.74 Å². The molecule has 142 valence electrons. The summed E-state index contributed by atoms with van der Waals surface area (Å²) in [4.78, 5) is 14.8. The Balaban J connectivity index is 1.63. The molecule has 1 aromatic carbocycles. The van der Waals surface area contributed by atoms with E-state index in [0.717, 1.165) is 44.6 Å². The summed E-state index contributed by atoms with van der Waals surface area (Å²) in [5.41, 5.74) is 2.55. The maximum absolute atomic E-state index is 12.3. The minimum absolute atomic E-state index is 0.160. The molecule has 1 N–H and O–H groups in total. The maximum Gasteiger partial charge on any atom is 0.223 e. The topological polar surface area (TPSA) is 46.5 Å². The third kappa shape index (κ3) is 4.04. The molecule has 5 heteroatoms. The van der Waals surface area contributed by atoms with Gasteiger partial charge in [-0.25, -0.2) is 0 Å². The van der Waals surface area contributed by atoms with Gasteiger partial charge in [0.25, 0.3) is 0 Å². The van der Waals surface area contributed by atoms with Crippen molar-refractivity contribution < 1.29 is 9.53 Å². The van der Waals surface area contributed by atoms with Gasteiger partial charge in [-0.15, -0.1) is 0 Å². The van der Waals surface area contributed by atoms with Crippen molar-refractivity contribution in [1.29, 1.82) is 0 Å². The normalized spacial score (nSPS) is 17.4. The molecular formula is C21H31N3O2. The van der Waals surface area contributed by atoms with Crippen LogP contribution in [0.5, 0.6) is 5.75 Å². The van der Waals surface area contributed by atoms with Crippen molar-refractivity contribution in [2.75, 3.05) is 20.2 Å². The highest BCUT2D eigenvalue weighted by Gasteiger charge is 2.26. The number of piperidine rings is 1. The number of ether oxygens (including phenoxy) is 1. The third-order valence-corrected chi connectivity index (χ3v) is 5.63. The lowest BCUT2D eigenvalue weighted by Gasteiger charge is -2.31. The van der Waals surface area contributed by atoms with Crippen LogP contribution in [0.15, 0.2) is 24.4 Å². The average molecular weight is 357 g/mol. The highest BCUT2D eigenvalue weighted by Crippen LogP contribution is 2.28. The standard InChI is InChI=1S/C21H31N3O2/c1-5-15(2)22-21(25)16-8-10-24(11-9-16)14-17-13-23(3)20-7-6-18(26-4)12-19(17)20/h6-7,12-13,15-16H,5,8-11,14H2,1-4H3,(H,22,25). The first-order valence-corrected chi connectivity index (χ1v) is 9.66. The van der Waals surface area contributed by atoms with Gasteiger partial charge in [0, 0.05) is 42.7 Å². The predicted octanol–water partition coefficient (Wildman–Crippen LogP) is 3.31. The molecule has 0 bridgehead atoms. The van der Waals surface area contributed by atoms with E-state index in [1.807, 2.05) is 6.07 Å². The van der Waals surface area contributed by atoms with E-state index in [9.17, 15) is 4.79 Å². The number of hydrogen-bond donors (Lipinski definition) is 1. The number of nitrogens with one attached hydrogen (secondary N) is 1. The van der Waals surface area contributed by atoms with Crippen molar-refractivity contribution in [3.05, 3.63) is 30.0 Å². The summed E-state index contributed by atoms with van der Waals surface area (Å²) in [6.07, 6.45) is 5.08. The second kappa shape index (κ2) is 8.12. The molecule has 26 heavy (non-hydrogen) atoms. The predicted molar refractivity (Wildman–Crippen MR) is 105 cm³/mol. The molecule has 1 aromatic heterocycles. The summed E-state index contributed by atoms with van der Waals surface area (Å²) in [5, 5.41) is 4.38. The van der Waals surface area contributed by atoms with Crippen LogP contribution in [-0.4, -0.2) is 41.6 Å². The number of rotatable bonds is 6. The maximum atomic E-state index is 12.3. The third-order valence-electron chi connectivity index (χ3n) is 5.63. The van der Waals surface area contributed by atoms with Crippen LogP contribution in [0.25, 0.3) is 10.9 Å². The molecule has 3 rings (SSSR count). The number of aryl methyl sites for hydroxylation is 1. The molecule has 1 atom stereocenters. The van der Waals surface area contributed by atoms with Crippen molar-refractivity contribution in [3.8, 4) is 5.75 Å². The van der Waals surface area contributed by atoms with Gasteiger partial charge in [-0.05, 0) is 63.0 Å². The first-order chi connectivity index (χ1) is 12.5. The van der Waals surface area contributed by atoms with E-state index in [1.165, 1.54) is 16.5 Å². The van der Waals surface area contributed by atoms with E-state index in [0.29, 0.717) is 0 Å².